The van der Waals surface area contributed by atoms with Crippen molar-refractivity contribution in [1.82, 2.24) is 0 Å². The molecule has 0 unspecified atom stereocenters. The van der Waals surface area contributed by atoms with Gasteiger partial charge in [-0.1, -0.05) is 18.9 Å². The number of carbonyl (C=O) groups is 2. The van der Waals surface area contributed by atoms with Gasteiger partial charge in [0.25, 0.3) is 0 Å². The number of aryl methyl sites for hydroxylation is 1. The third-order valence-electron chi connectivity index (χ3n) is 5.21. The number of methoxy groups -OCH3 is 1. The second-order valence-corrected chi connectivity index (χ2v) is 7.51. The minimum Gasteiger partial charge on any atom is -0.496 e. The summed E-state index contributed by atoms with van der Waals surface area (Å²) in [6.07, 6.45) is 8.03. The molecule has 3 rings (SSSR count). The van der Waals surface area contributed by atoms with E-state index in [1.807, 2.05) is 25.1 Å². The fourth-order valence-electron chi connectivity index (χ4n) is 3.37. The fraction of sp³-hybridized carbons (Fsp3) is 0.346. The standard InChI is InChI=1S/C15H20NO2.C11H10O3.K/c1-11-8-9-13(10-14(11)18-2)16-15(17)12-6-4-3-5-7-12;1-3-14-11(13)9-4-5-10(7-12)8(2)6-9;/h3,8-10,12H,4-7H2,1-2H3,(H,16,17);4-6H,2-3H2,1H3;/q-1;-2;+1. The van der Waals surface area contributed by atoms with Gasteiger partial charge in [0, 0.05) is 17.7 Å². The van der Waals surface area contributed by atoms with E-state index in [0.29, 0.717) is 23.3 Å². The van der Waals surface area contributed by atoms with Crippen LogP contribution in [0, 0.1) is 26.2 Å². The van der Waals surface area contributed by atoms with E-state index >= 15 is 0 Å². The van der Waals surface area contributed by atoms with Crippen molar-refractivity contribution in [1.29, 1.82) is 0 Å². The number of nitrogens with one attached hydrogen (secondary N) is 1. The van der Waals surface area contributed by atoms with Gasteiger partial charge in [0.05, 0.1) is 13.7 Å². The van der Waals surface area contributed by atoms with Gasteiger partial charge in [-0.25, -0.2) is 16.9 Å². The van der Waals surface area contributed by atoms with Crippen LogP contribution in [0.3, 0.4) is 0 Å². The van der Waals surface area contributed by atoms with Gasteiger partial charge in [-0.3, -0.25) is 22.8 Å². The molecule has 0 aliphatic heterocycles. The van der Waals surface area contributed by atoms with Crippen LogP contribution in [-0.2, 0) is 14.3 Å². The molecular formula is C26H30KNO5-2. The average Bonchev–Trinajstić information content (AvgIpc) is 2.81. The molecule has 0 saturated heterocycles. The second-order valence-electron chi connectivity index (χ2n) is 7.51. The zero-order valence-corrected chi connectivity index (χ0v) is 23.0. The maximum Gasteiger partial charge on any atom is 1.00 e. The van der Waals surface area contributed by atoms with Gasteiger partial charge in [-0.2, -0.15) is 12.8 Å². The number of hydrogen-bond acceptors (Lipinski definition) is 5. The second kappa shape index (κ2) is 15.3. The number of hydrogen-bond donors (Lipinski definition) is 1. The number of carbonyl (C=O) groups excluding carboxylic acids is 3. The Hall–Kier alpha value is -1.64. The van der Waals surface area contributed by atoms with Crippen molar-refractivity contribution in [3.05, 3.63) is 72.0 Å². The van der Waals surface area contributed by atoms with E-state index in [-0.39, 0.29) is 63.2 Å². The zero-order chi connectivity index (χ0) is 23.5. The predicted molar refractivity (Wildman–Crippen MR) is 124 cm³/mol. The molecule has 1 aliphatic rings. The Morgan fingerprint density at radius 2 is 1.88 bits per heavy atom. The first-order valence-electron chi connectivity index (χ1n) is 10.7. The minimum atomic E-state index is -0.408. The van der Waals surface area contributed by atoms with Crippen LogP contribution in [-0.4, -0.2) is 31.9 Å². The van der Waals surface area contributed by atoms with Crippen LogP contribution in [0.5, 0.6) is 5.75 Å². The molecule has 1 saturated carbocycles. The molecular weight excluding hydrogens is 445 g/mol. The number of rotatable bonds is 6. The SMILES string of the molecule is COc1cc(NC(=O)C2CC[CH-]CC2)ccc1C.[CH2-]c1cc(C(=O)OCC)ccc1[C-]=O.[K+]. The molecule has 172 valence electrons. The first-order chi connectivity index (χ1) is 15.4. The Labute approximate surface area is 239 Å². The maximum atomic E-state index is 12.1. The molecule has 7 heteroatoms. The Kier molecular flexibility index (Phi) is 13.6. The van der Waals surface area contributed by atoms with Crippen LogP contribution in [0.4, 0.5) is 5.69 Å². The summed E-state index contributed by atoms with van der Waals surface area (Å²) >= 11 is 0. The van der Waals surface area contributed by atoms with Gasteiger partial charge in [-0.15, -0.1) is 6.07 Å². The average molecular weight is 476 g/mol. The van der Waals surface area contributed by atoms with Gasteiger partial charge >= 0.3 is 57.4 Å². The molecule has 2 aromatic rings. The molecule has 1 fully saturated rings. The zero-order valence-electron chi connectivity index (χ0n) is 19.9. The summed E-state index contributed by atoms with van der Waals surface area (Å²) in [5, 5.41) is 2.98. The molecule has 0 heterocycles. The van der Waals surface area contributed by atoms with E-state index in [4.69, 9.17) is 9.47 Å². The van der Waals surface area contributed by atoms with Crippen LogP contribution in [0.25, 0.3) is 0 Å². The molecule has 0 aromatic heterocycles. The molecule has 6 nitrogen and oxygen atoms in total. The molecule has 0 spiro atoms. The van der Waals surface area contributed by atoms with E-state index in [1.54, 1.807) is 20.3 Å². The molecule has 1 amide bonds. The van der Waals surface area contributed by atoms with Crippen molar-refractivity contribution >= 4 is 23.9 Å². The third kappa shape index (κ3) is 9.25. The van der Waals surface area contributed by atoms with Crippen LogP contribution in [0.15, 0.2) is 36.4 Å². The molecule has 0 radical (unpaired) electrons. The van der Waals surface area contributed by atoms with E-state index in [2.05, 4.69) is 18.7 Å². The number of esters is 1. The summed E-state index contributed by atoms with van der Waals surface area (Å²) < 4.78 is 10.0. The van der Waals surface area contributed by atoms with E-state index in [9.17, 15) is 14.4 Å². The molecule has 0 atom stereocenters. The molecule has 1 N–H and O–H groups in total. The van der Waals surface area contributed by atoms with Gasteiger partial charge in [0.1, 0.15) is 5.75 Å². The normalized spacial score (nSPS) is 12.9. The van der Waals surface area contributed by atoms with Gasteiger partial charge < -0.3 is 26.0 Å². The van der Waals surface area contributed by atoms with Crippen molar-refractivity contribution in [3.8, 4) is 5.75 Å². The quantitative estimate of drug-likeness (QED) is 0.392. The van der Waals surface area contributed by atoms with Crippen LogP contribution < -0.4 is 61.4 Å². The van der Waals surface area contributed by atoms with Crippen LogP contribution >= 0.6 is 0 Å². The summed E-state index contributed by atoms with van der Waals surface area (Å²) in [6, 6.07) is 10.3. The Morgan fingerprint density at radius 3 is 2.45 bits per heavy atom. The van der Waals surface area contributed by atoms with Crippen LogP contribution in [0.2, 0.25) is 0 Å². The Bertz CT molecular complexity index is 938. The van der Waals surface area contributed by atoms with Gasteiger partial charge in [0.2, 0.25) is 5.91 Å². The van der Waals surface area contributed by atoms with E-state index < -0.39 is 5.97 Å². The van der Waals surface area contributed by atoms with Crippen molar-refractivity contribution < 1.29 is 75.2 Å². The molecule has 0 bridgehead atoms. The van der Waals surface area contributed by atoms with E-state index in [1.165, 1.54) is 18.2 Å². The summed E-state index contributed by atoms with van der Waals surface area (Å²) in [5.41, 5.74) is 3.12. The monoisotopic (exact) mass is 475 g/mol. The van der Waals surface area contributed by atoms with Gasteiger partial charge in [0.15, 0.2) is 0 Å². The topological polar surface area (TPSA) is 81.7 Å². The van der Waals surface area contributed by atoms with Crippen LogP contribution in [0.1, 0.15) is 59.7 Å². The molecule has 2 aromatic carbocycles. The van der Waals surface area contributed by atoms with Gasteiger partial charge in [-0.05, 0) is 37.3 Å². The summed E-state index contributed by atoms with van der Waals surface area (Å²) in [6.45, 7) is 7.67. The first-order valence-corrected chi connectivity index (χ1v) is 10.7. The third-order valence-corrected chi connectivity index (χ3v) is 5.21. The number of amides is 1. The summed E-state index contributed by atoms with van der Waals surface area (Å²) in [4.78, 5) is 33.7. The van der Waals surface area contributed by atoms with Crippen molar-refractivity contribution in [2.45, 2.75) is 39.5 Å². The first kappa shape index (κ1) is 29.4. The van der Waals surface area contributed by atoms with Crippen molar-refractivity contribution in [3.63, 3.8) is 0 Å². The molecule has 1 aliphatic carbocycles. The number of ether oxygens (including phenoxy) is 2. The largest absolute Gasteiger partial charge is 1.00 e. The smallest absolute Gasteiger partial charge is 0.496 e. The maximum absolute atomic E-state index is 12.1. The Morgan fingerprint density at radius 1 is 1.18 bits per heavy atom. The fourth-order valence-corrected chi connectivity index (χ4v) is 3.37. The predicted octanol–water partition coefficient (Wildman–Crippen LogP) is 1.84. The minimum absolute atomic E-state index is 0. The summed E-state index contributed by atoms with van der Waals surface area (Å²) in [5.74, 6) is 0.691. The molecule has 33 heavy (non-hydrogen) atoms. The van der Waals surface area contributed by atoms with Crippen molar-refractivity contribution in [2.75, 3.05) is 19.0 Å². The van der Waals surface area contributed by atoms with E-state index in [0.717, 1.165) is 42.7 Å². The number of benzene rings is 2. The Balaban J connectivity index is 0.000000331. The number of anilines is 1. The van der Waals surface area contributed by atoms with Crippen molar-refractivity contribution in [2.24, 2.45) is 5.92 Å². The summed E-state index contributed by atoms with van der Waals surface area (Å²) in [7, 11) is 1.64.